The van der Waals surface area contributed by atoms with Gasteiger partial charge in [0, 0.05) is 16.2 Å². The van der Waals surface area contributed by atoms with Crippen LogP contribution in [-0.4, -0.2) is 14.2 Å². The fraction of sp³-hybridized carbons (Fsp3) is 0.333. The summed E-state index contributed by atoms with van der Waals surface area (Å²) in [5, 5.41) is 0. The summed E-state index contributed by atoms with van der Waals surface area (Å²) in [5.74, 6) is -0.210. The molecule has 0 saturated heterocycles. The second kappa shape index (κ2) is 3.33. The minimum atomic E-state index is -3.39. The molecule has 0 aliphatic carbocycles. The monoisotopic (exact) mass is 174 g/mol. The van der Waals surface area contributed by atoms with Crippen LogP contribution in [0.1, 0.15) is 0 Å². The van der Waals surface area contributed by atoms with Crippen molar-refractivity contribution in [3.05, 3.63) is 11.6 Å². The third kappa shape index (κ3) is 6.27. The summed E-state index contributed by atoms with van der Waals surface area (Å²) in [4.78, 5) is 0. The van der Waals surface area contributed by atoms with Crippen LogP contribution in [0, 0.1) is 0 Å². The Morgan fingerprint density at radius 3 is 2.12 bits per heavy atom. The molecule has 8 heavy (non-hydrogen) atoms. The minimum Gasteiger partial charge on any atom is -0.212 e. The van der Waals surface area contributed by atoms with Gasteiger partial charge >= 0.3 is 0 Å². The molecule has 0 amide bonds. The van der Waals surface area contributed by atoms with Crippen molar-refractivity contribution in [2.75, 3.05) is 5.75 Å². The average Bonchev–Trinajstić information content (AvgIpc) is 1.59. The molecule has 0 radical (unpaired) electrons. The predicted octanol–water partition coefficient (Wildman–Crippen LogP) is 1.31. The van der Waals surface area contributed by atoms with Gasteiger partial charge in [0.25, 0.3) is 0 Å². The first kappa shape index (κ1) is 8.27. The summed E-state index contributed by atoms with van der Waals surface area (Å²) < 4.78 is 20.1. The van der Waals surface area contributed by atoms with Crippen LogP contribution in [0.3, 0.4) is 0 Å². The van der Waals surface area contributed by atoms with Crippen molar-refractivity contribution in [3.8, 4) is 0 Å². The van der Waals surface area contributed by atoms with Gasteiger partial charge in [0.05, 0.1) is 5.75 Å². The molecule has 0 N–H and O–H groups in total. The molecule has 0 aromatic heterocycles. The van der Waals surface area contributed by atoms with E-state index in [0.29, 0.717) is 0 Å². The highest BCUT2D eigenvalue weighted by atomic mass is 35.7. The van der Waals surface area contributed by atoms with Gasteiger partial charge in [-0.25, -0.2) is 8.42 Å². The van der Waals surface area contributed by atoms with Crippen molar-refractivity contribution < 1.29 is 8.42 Å². The normalized spacial score (nSPS) is 12.8. The van der Waals surface area contributed by atoms with Crippen LogP contribution in [0.15, 0.2) is 11.6 Å². The highest BCUT2D eigenvalue weighted by Gasteiger charge is 1.98. The van der Waals surface area contributed by atoms with Gasteiger partial charge in [-0.2, -0.15) is 0 Å². The third-order valence-corrected chi connectivity index (χ3v) is 1.53. The lowest BCUT2D eigenvalue weighted by Crippen LogP contribution is -1.90. The highest BCUT2D eigenvalue weighted by molar-refractivity contribution is 8.13. The lowest BCUT2D eigenvalue weighted by molar-refractivity contribution is 0.612. The van der Waals surface area contributed by atoms with Gasteiger partial charge in [0.1, 0.15) is 0 Å². The Balaban J connectivity index is 3.76. The molecule has 0 fully saturated rings. The van der Waals surface area contributed by atoms with Gasteiger partial charge in [-0.15, -0.1) is 0 Å². The second-order valence-electron chi connectivity index (χ2n) is 1.07. The average molecular weight is 175 g/mol. The van der Waals surface area contributed by atoms with E-state index in [9.17, 15) is 8.42 Å². The molecule has 2 nitrogen and oxygen atoms in total. The van der Waals surface area contributed by atoms with Crippen LogP contribution in [0.25, 0.3) is 0 Å². The zero-order valence-electron chi connectivity index (χ0n) is 3.84. The van der Waals surface area contributed by atoms with Crippen molar-refractivity contribution in [1.82, 2.24) is 0 Å². The quantitative estimate of drug-likeness (QED) is 0.593. The van der Waals surface area contributed by atoms with E-state index in [0.717, 1.165) is 5.54 Å². The van der Waals surface area contributed by atoms with E-state index in [1.54, 1.807) is 0 Å². The van der Waals surface area contributed by atoms with Gasteiger partial charge in [-0.3, -0.25) is 0 Å². The molecular formula is C3H4Cl2O2S. The zero-order chi connectivity index (χ0) is 6.62. The van der Waals surface area contributed by atoms with Gasteiger partial charge in [0.2, 0.25) is 9.05 Å². The Bertz CT molecular complexity index is 170. The van der Waals surface area contributed by atoms with Crippen LogP contribution in [0.4, 0.5) is 0 Å². The van der Waals surface area contributed by atoms with Gasteiger partial charge < -0.3 is 0 Å². The number of hydrogen-bond acceptors (Lipinski definition) is 2. The zero-order valence-corrected chi connectivity index (χ0v) is 6.17. The fourth-order valence-corrected chi connectivity index (χ4v) is 0.890. The van der Waals surface area contributed by atoms with Crippen molar-refractivity contribution in [3.63, 3.8) is 0 Å². The van der Waals surface area contributed by atoms with Gasteiger partial charge in [-0.05, 0) is 0 Å². The van der Waals surface area contributed by atoms with Crippen LogP contribution < -0.4 is 0 Å². The number of hydrogen-bond donors (Lipinski definition) is 0. The molecular weight excluding hydrogens is 171 g/mol. The first-order valence-corrected chi connectivity index (χ1v) is 4.65. The molecule has 48 valence electrons. The first-order valence-electron chi connectivity index (χ1n) is 1.74. The van der Waals surface area contributed by atoms with Crippen molar-refractivity contribution in [2.24, 2.45) is 0 Å². The molecule has 5 heteroatoms. The topological polar surface area (TPSA) is 34.1 Å². The first-order chi connectivity index (χ1) is 3.56. The Morgan fingerprint density at radius 1 is 1.50 bits per heavy atom. The Hall–Kier alpha value is 0.270. The van der Waals surface area contributed by atoms with Crippen LogP contribution in [-0.2, 0) is 9.05 Å². The van der Waals surface area contributed by atoms with E-state index >= 15 is 0 Å². The summed E-state index contributed by atoms with van der Waals surface area (Å²) in [6, 6.07) is 0. The summed E-state index contributed by atoms with van der Waals surface area (Å²) in [5.41, 5.74) is 1.11. The predicted molar refractivity (Wildman–Crippen MR) is 34.6 cm³/mol. The molecule has 0 aliphatic heterocycles. The smallest absolute Gasteiger partial charge is 0.212 e. The number of rotatable bonds is 2. The SMILES string of the molecule is O=S(=O)(Cl)C/C=C/Cl. The van der Waals surface area contributed by atoms with Crippen LogP contribution in [0.5, 0.6) is 0 Å². The van der Waals surface area contributed by atoms with E-state index in [1.807, 2.05) is 0 Å². The van der Waals surface area contributed by atoms with E-state index in [-0.39, 0.29) is 5.75 Å². The molecule has 0 saturated carbocycles. The lowest BCUT2D eigenvalue weighted by Gasteiger charge is -1.81. The van der Waals surface area contributed by atoms with Gasteiger partial charge in [0.15, 0.2) is 0 Å². The fourth-order valence-electron chi connectivity index (χ4n) is 0.151. The van der Waals surface area contributed by atoms with Crippen molar-refractivity contribution >= 4 is 31.3 Å². The minimum absolute atomic E-state index is 0.210. The summed E-state index contributed by atoms with van der Waals surface area (Å²) in [7, 11) is 1.39. The molecule has 0 bridgehead atoms. The highest BCUT2D eigenvalue weighted by Crippen LogP contribution is 1.95. The largest absolute Gasteiger partial charge is 0.236 e. The lowest BCUT2D eigenvalue weighted by atomic mass is 10.8. The molecule has 0 atom stereocenters. The van der Waals surface area contributed by atoms with E-state index in [1.165, 1.54) is 6.08 Å². The molecule has 0 rings (SSSR count). The molecule has 0 heterocycles. The van der Waals surface area contributed by atoms with E-state index < -0.39 is 9.05 Å². The summed E-state index contributed by atoms with van der Waals surface area (Å²) in [6.07, 6.45) is 1.25. The number of halogens is 2. The Kier molecular flexibility index (Phi) is 3.44. The molecule has 0 aliphatic rings. The van der Waals surface area contributed by atoms with E-state index in [2.05, 4.69) is 0 Å². The molecule has 0 aromatic rings. The maximum absolute atomic E-state index is 10.0. The third-order valence-electron chi connectivity index (χ3n) is 0.384. The maximum Gasteiger partial charge on any atom is 0.236 e. The Morgan fingerprint density at radius 2 is 2.00 bits per heavy atom. The van der Waals surface area contributed by atoms with Crippen molar-refractivity contribution in [2.45, 2.75) is 0 Å². The molecule has 0 unspecified atom stereocenters. The Labute approximate surface area is 57.5 Å². The molecule has 0 spiro atoms. The van der Waals surface area contributed by atoms with Crippen LogP contribution in [0.2, 0.25) is 0 Å². The second-order valence-corrected chi connectivity index (χ2v) is 4.14. The maximum atomic E-state index is 10.0. The standard InChI is InChI=1S/C3H4Cl2O2S/c4-2-1-3-8(5,6)7/h1-2H,3H2/b2-1+. The van der Waals surface area contributed by atoms with Crippen LogP contribution >= 0.6 is 22.3 Å². The summed E-state index contributed by atoms with van der Waals surface area (Å²) in [6.45, 7) is 0. The van der Waals surface area contributed by atoms with Gasteiger partial charge in [-0.1, -0.05) is 17.7 Å². The van der Waals surface area contributed by atoms with Crippen molar-refractivity contribution in [1.29, 1.82) is 0 Å². The van der Waals surface area contributed by atoms with E-state index in [4.69, 9.17) is 22.3 Å². The summed E-state index contributed by atoms with van der Waals surface area (Å²) >= 11 is 5.00. The molecule has 0 aromatic carbocycles.